The Labute approximate surface area is 102 Å². The molecule has 0 fully saturated rings. The summed E-state index contributed by atoms with van der Waals surface area (Å²) in [5.74, 6) is 1.42. The molecule has 4 nitrogen and oxygen atoms in total. The third-order valence-corrected chi connectivity index (χ3v) is 2.61. The number of hydrogen-bond acceptors (Lipinski definition) is 4. The minimum atomic E-state index is -0.599. The fraction of sp³-hybridized carbons (Fsp3) is 0.538. The van der Waals surface area contributed by atoms with E-state index in [2.05, 4.69) is 0 Å². The maximum absolute atomic E-state index is 9.02. The Hall–Kier alpha value is -1.26. The van der Waals surface area contributed by atoms with Gasteiger partial charge in [-0.25, -0.2) is 0 Å². The summed E-state index contributed by atoms with van der Waals surface area (Å²) in [6, 6.07) is 5.76. The van der Waals surface area contributed by atoms with Gasteiger partial charge >= 0.3 is 0 Å². The molecule has 1 unspecified atom stereocenters. The molecule has 1 rings (SSSR count). The number of benzene rings is 1. The van der Waals surface area contributed by atoms with E-state index in [1.807, 2.05) is 25.1 Å². The summed E-state index contributed by atoms with van der Waals surface area (Å²) in [4.78, 5) is 0. The molecule has 1 aromatic carbocycles. The van der Waals surface area contributed by atoms with Crippen molar-refractivity contribution in [2.75, 3.05) is 20.3 Å². The van der Waals surface area contributed by atoms with E-state index in [9.17, 15) is 0 Å². The van der Waals surface area contributed by atoms with Gasteiger partial charge in [0.25, 0.3) is 0 Å². The number of hydrogen-bond donors (Lipinski definition) is 2. The molecule has 4 heteroatoms. The van der Waals surface area contributed by atoms with Crippen LogP contribution in [0.15, 0.2) is 18.2 Å². The maximum Gasteiger partial charge on any atom is 0.161 e. The van der Waals surface area contributed by atoms with Gasteiger partial charge in [-0.1, -0.05) is 6.07 Å². The van der Waals surface area contributed by atoms with E-state index in [0.29, 0.717) is 24.5 Å². The Morgan fingerprint density at radius 1 is 1.35 bits per heavy atom. The van der Waals surface area contributed by atoms with E-state index in [0.717, 1.165) is 5.56 Å². The lowest BCUT2D eigenvalue weighted by atomic mass is 10.0. The average Bonchev–Trinajstić information content (AvgIpc) is 2.30. The SMILES string of the molecule is COc1cc(C)ccc1OCCC(C)(N)CO. The van der Waals surface area contributed by atoms with Gasteiger partial charge in [0.1, 0.15) is 0 Å². The summed E-state index contributed by atoms with van der Waals surface area (Å²) in [5.41, 5.74) is 6.33. The first kappa shape index (κ1) is 13.8. The third-order valence-electron chi connectivity index (χ3n) is 2.61. The summed E-state index contributed by atoms with van der Waals surface area (Å²) in [6.45, 7) is 4.19. The van der Waals surface area contributed by atoms with Crippen molar-refractivity contribution in [2.45, 2.75) is 25.8 Å². The van der Waals surface area contributed by atoms with Crippen LogP contribution in [0.2, 0.25) is 0 Å². The lowest BCUT2D eigenvalue weighted by molar-refractivity contribution is 0.173. The van der Waals surface area contributed by atoms with Crippen LogP contribution in [0.5, 0.6) is 11.5 Å². The van der Waals surface area contributed by atoms with Crippen molar-refractivity contribution in [1.29, 1.82) is 0 Å². The number of rotatable bonds is 6. The summed E-state index contributed by atoms with van der Waals surface area (Å²) < 4.78 is 10.8. The molecular formula is C13H21NO3. The summed E-state index contributed by atoms with van der Waals surface area (Å²) in [7, 11) is 1.61. The molecular weight excluding hydrogens is 218 g/mol. The quantitative estimate of drug-likeness (QED) is 0.789. The Morgan fingerprint density at radius 2 is 2.06 bits per heavy atom. The Kier molecular flexibility index (Phi) is 4.78. The molecule has 17 heavy (non-hydrogen) atoms. The highest BCUT2D eigenvalue weighted by Gasteiger charge is 2.17. The summed E-state index contributed by atoms with van der Waals surface area (Å²) in [5, 5.41) is 9.02. The molecule has 0 saturated carbocycles. The van der Waals surface area contributed by atoms with E-state index in [1.54, 1.807) is 14.0 Å². The lowest BCUT2D eigenvalue weighted by Gasteiger charge is -2.21. The lowest BCUT2D eigenvalue weighted by Crippen LogP contribution is -2.41. The number of nitrogens with two attached hydrogens (primary N) is 1. The van der Waals surface area contributed by atoms with Crippen molar-refractivity contribution in [3.63, 3.8) is 0 Å². The number of methoxy groups -OCH3 is 1. The summed E-state index contributed by atoms with van der Waals surface area (Å²) in [6.07, 6.45) is 0.584. The van der Waals surface area contributed by atoms with Crippen LogP contribution < -0.4 is 15.2 Å². The van der Waals surface area contributed by atoms with E-state index < -0.39 is 5.54 Å². The van der Waals surface area contributed by atoms with Crippen LogP contribution in [0.3, 0.4) is 0 Å². The van der Waals surface area contributed by atoms with Crippen LogP contribution in [0.25, 0.3) is 0 Å². The van der Waals surface area contributed by atoms with Gasteiger partial charge in [0, 0.05) is 12.0 Å². The van der Waals surface area contributed by atoms with Crippen molar-refractivity contribution in [3.8, 4) is 11.5 Å². The standard InChI is InChI=1S/C13H21NO3/c1-10-4-5-11(12(8-10)16-3)17-7-6-13(2,14)9-15/h4-5,8,15H,6-7,9,14H2,1-3H3. The fourth-order valence-electron chi connectivity index (χ4n) is 1.37. The molecule has 0 heterocycles. The second-order valence-electron chi connectivity index (χ2n) is 4.56. The fourth-order valence-corrected chi connectivity index (χ4v) is 1.37. The van der Waals surface area contributed by atoms with Gasteiger partial charge in [0.15, 0.2) is 11.5 Å². The predicted molar refractivity (Wildman–Crippen MR) is 67.5 cm³/mol. The van der Waals surface area contributed by atoms with Crippen LogP contribution in [0, 0.1) is 6.92 Å². The molecule has 96 valence electrons. The molecule has 0 radical (unpaired) electrons. The Morgan fingerprint density at radius 3 is 2.65 bits per heavy atom. The molecule has 1 aromatic rings. The minimum absolute atomic E-state index is 0.0542. The molecule has 0 aliphatic rings. The van der Waals surface area contributed by atoms with Crippen molar-refractivity contribution < 1.29 is 14.6 Å². The highest BCUT2D eigenvalue weighted by molar-refractivity contribution is 5.42. The molecule has 0 amide bonds. The van der Waals surface area contributed by atoms with Gasteiger partial charge in [0.2, 0.25) is 0 Å². The zero-order valence-electron chi connectivity index (χ0n) is 10.7. The van der Waals surface area contributed by atoms with Gasteiger partial charge in [-0.05, 0) is 31.5 Å². The first-order valence-electron chi connectivity index (χ1n) is 5.66. The molecule has 0 spiro atoms. The van der Waals surface area contributed by atoms with Gasteiger partial charge in [0.05, 0.1) is 20.3 Å². The minimum Gasteiger partial charge on any atom is -0.493 e. The van der Waals surface area contributed by atoms with E-state index in [4.69, 9.17) is 20.3 Å². The van der Waals surface area contributed by atoms with E-state index >= 15 is 0 Å². The molecule has 0 aliphatic carbocycles. The zero-order valence-corrected chi connectivity index (χ0v) is 10.7. The third kappa shape index (κ3) is 4.24. The summed E-state index contributed by atoms with van der Waals surface area (Å²) >= 11 is 0. The first-order chi connectivity index (χ1) is 7.98. The Bertz CT molecular complexity index is 364. The molecule has 0 saturated heterocycles. The smallest absolute Gasteiger partial charge is 0.161 e. The largest absolute Gasteiger partial charge is 0.493 e. The van der Waals surface area contributed by atoms with Crippen LogP contribution in [0.1, 0.15) is 18.9 Å². The molecule has 1 atom stereocenters. The predicted octanol–water partition coefficient (Wildman–Crippen LogP) is 1.48. The normalized spacial score (nSPS) is 14.2. The number of aryl methyl sites for hydroxylation is 1. The Balaban J connectivity index is 2.57. The first-order valence-corrected chi connectivity index (χ1v) is 5.66. The van der Waals surface area contributed by atoms with Crippen LogP contribution in [0.4, 0.5) is 0 Å². The van der Waals surface area contributed by atoms with Crippen LogP contribution >= 0.6 is 0 Å². The maximum atomic E-state index is 9.02. The molecule has 3 N–H and O–H groups in total. The van der Waals surface area contributed by atoms with Gasteiger partial charge in [-0.2, -0.15) is 0 Å². The van der Waals surface area contributed by atoms with Crippen molar-refractivity contribution in [1.82, 2.24) is 0 Å². The van der Waals surface area contributed by atoms with Crippen LogP contribution in [-0.4, -0.2) is 31.0 Å². The molecule has 0 aromatic heterocycles. The molecule has 0 aliphatic heterocycles. The topological polar surface area (TPSA) is 64.7 Å². The number of ether oxygens (including phenoxy) is 2. The number of aliphatic hydroxyl groups is 1. The van der Waals surface area contributed by atoms with E-state index in [1.165, 1.54) is 0 Å². The van der Waals surface area contributed by atoms with Crippen molar-refractivity contribution in [3.05, 3.63) is 23.8 Å². The monoisotopic (exact) mass is 239 g/mol. The van der Waals surface area contributed by atoms with Gasteiger partial charge in [-0.15, -0.1) is 0 Å². The van der Waals surface area contributed by atoms with Crippen molar-refractivity contribution in [2.24, 2.45) is 5.73 Å². The number of aliphatic hydroxyl groups excluding tert-OH is 1. The van der Waals surface area contributed by atoms with E-state index in [-0.39, 0.29) is 6.61 Å². The van der Waals surface area contributed by atoms with Crippen LogP contribution in [-0.2, 0) is 0 Å². The second kappa shape index (κ2) is 5.89. The van der Waals surface area contributed by atoms with Gasteiger partial charge in [-0.3, -0.25) is 0 Å². The zero-order chi connectivity index (χ0) is 12.9. The molecule has 0 bridgehead atoms. The van der Waals surface area contributed by atoms with Gasteiger partial charge < -0.3 is 20.3 Å². The highest BCUT2D eigenvalue weighted by Crippen LogP contribution is 2.28. The average molecular weight is 239 g/mol. The van der Waals surface area contributed by atoms with Crippen molar-refractivity contribution >= 4 is 0 Å². The highest BCUT2D eigenvalue weighted by atomic mass is 16.5. The second-order valence-corrected chi connectivity index (χ2v) is 4.56.